The van der Waals surface area contributed by atoms with Crippen LogP contribution in [0.2, 0.25) is 0 Å². The van der Waals surface area contributed by atoms with E-state index < -0.39 is 0 Å². The lowest BCUT2D eigenvalue weighted by molar-refractivity contribution is 0.0998. The number of rotatable bonds is 5. The highest BCUT2D eigenvalue weighted by molar-refractivity contribution is 6.04. The van der Waals surface area contributed by atoms with Crippen molar-refractivity contribution >= 4 is 22.6 Å². The first kappa shape index (κ1) is 17.7. The molecule has 0 spiro atoms. The Labute approximate surface area is 171 Å². The zero-order valence-corrected chi connectivity index (χ0v) is 15.7. The van der Waals surface area contributed by atoms with E-state index in [9.17, 15) is 4.79 Å². The van der Waals surface area contributed by atoms with Gasteiger partial charge in [0.15, 0.2) is 11.6 Å². The van der Waals surface area contributed by atoms with Gasteiger partial charge in [0, 0.05) is 29.5 Å². The molecule has 0 aliphatic carbocycles. The van der Waals surface area contributed by atoms with Crippen LogP contribution in [-0.2, 0) is 0 Å². The third-order valence-corrected chi connectivity index (χ3v) is 4.48. The molecule has 0 atom stereocenters. The number of hydrogen-bond acceptors (Lipinski definition) is 5. The molecule has 1 N–H and O–H groups in total. The molecule has 7 heteroatoms. The van der Waals surface area contributed by atoms with Gasteiger partial charge >= 0.3 is 0 Å². The minimum absolute atomic E-state index is 0.259. The fourth-order valence-corrected chi connectivity index (χ4v) is 3.01. The monoisotopic (exact) mass is 396 g/mol. The average molecular weight is 396 g/mol. The molecule has 1 amide bonds. The van der Waals surface area contributed by atoms with Crippen molar-refractivity contribution in [2.24, 2.45) is 0 Å². The standard InChI is InChI=1S/C23H16N4O3/c28-23(20-15-16-5-1-2-6-19(16)30-20)24-17-7-9-18(10-8-17)29-22-12-11-21(25-26-22)27-13-3-4-14-27/h1-15H,(H,24,28). The van der Waals surface area contributed by atoms with Gasteiger partial charge < -0.3 is 19.0 Å². The highest BCUT2D eigenvalue weighted by Crippen LogP contribution is 2.23. The Balaban J connectivity index is 1.24. The van der Waals surface area contributed by atoms with Gasteiger partial charge in [-0.1, -0.05) is 18.2 Å². The van der Waals surface area contributed by atoms with Gasteiger partial charge in [-0.05, 0) is 54.6 Å². The van der Waals surface area contributed by atoms with E-state index in [1.165, 1.54) is 0 Å². The molecule has 5 aromatic rings. The molecular weight excluding hydrogens is 380 g/mol. The summed E-state index contributed by atoms with van der Waals surface area (Å²) in [6.07, 6.45) is 3.78. The molecule has 0 radical (unpaired) electrons. The third-order valence-electron chi connectivity index (χ3n) is 4.48. The van der Waals surface area contributed by atoms with Crippen LogP contribution in [0.5, 0.6) is 11.6 Å². The summed E-state index contributed by atoms with van der Waals surface area (Å²) >= 11 is 0. The number of benzene rings is 2. The number of fused-ring (bicyclic) bond motifs is 1. The molecule has 0 saturated heterocycles. The molecule has 30 heavy (non-hydrogen) atoms. The molecule has 7 nitrogen and oxygen atoms in total. The molecule has 0 aliphatic rings. The summed E-state index contributed by atoms with van der Waals surface area (Å²) in [6, 6.07) is 23.6. The number of aromatic nitrogens is 3. The maximum Gasteiger partial charge on any atom is 0.291 e. The molecule has 5 rings (SSSR count). The Kier molecular flexibility index (Phi) is 4.46. The molecule has 2 aromatic carbocycles. The van der Waals surface area contributed by atoms with E-state index in [1.807, 2.05) is 59.4 Å². The molecular formula is C23H16N4O3. The van der Waals surface area contributed by atoms with Crippen molar-refractivity contribution in [1.29, 1.82) is 0 Å². The van der Waals surface area contributed by atoms with Gasteiger partial charge in [0.1, 0.15) is 11.3 Å². The predicted octanol–water partition coefficient (Wildman–Crippen LogP) is 5.06. The first-order chi connectivity index (χ1) is 14.7. The Morgan fingerprint density at radius 1 is 0.900 bits per heavy atom. The maximum atomic E-state index is 12.4. The number of anilines is 1. The van der Waals surface area contributed by atoms with Crippen molar-refractivity contribution in [3.8, 4) is 17.4 Å². The highest BCUT2D eigenvalue weighted by Gasteiger charge is 2.12. The van der Waals surface area contributed by atoms with Crippen molar-refractivity contribution < 1.29 is 13.9 Å². The lowest BCUT2D eigenvalue weighted by Crippen LogP contribution is -2.10. The van der Waals surface area contributed by atoms with Crippen LogP contribution in [-0.4, -0.2) is 20.7 Å². The largest absolute Gasteiger partial charge is 0.451 e. The number of nitrogens with zero attached hydrogens (tertiary/aromatic N) is 3. The van der Waals surface area contributed by atoms with Gasteiger partial charge in [0.05, 0.1) is 0 Å². The number of carbonyl (C=O) groups is 1. The number of carbonyl (C=O) groups excluding carboxylic acids is 1. The van der Waals surface area contributed by atoms with E-state index in [2.05, 4.69) is 15.5 Å². The van der Waals surface area contributed by atoms with Crippen LogP contribution in [0.4, 0.5) is 5.69 Å². The van der Waals surface area contributed by atoms with Crippen LogP contribution >= 0.6 is 0 Å². The Morgan fingerprint density at radius 2 is 1.70 bits per heavy atom. The van der Waals surface area contributed by atoms with E-state index in [1.54, 1.807) is 36.4 Å². The molecule has 0 aliphatic heterocycles. The summed E-state index contributed by atoms with van der Waals surface area (Å²) in [6.45, 7) is 0. The van der Waals surface area contributed by atoms with Crippen LogP contribution in [0.3, 0.4) is 0 Å². The van der Waals surface area contributed by atoms with Gasteiger partial charge in [0.25, 0.3) is 5.91 Å². The van der Waals surface area contributed by atoms with Crippen molar-refractivity contribution in [2.75, 3.05) is 5.32 Å². The summed E-state index contributed by atoms with van der Waals surface area (Å²) < 4.78 is 13.2. The number of ether oxygens (including phenoxy) is 1. The highest BCUT2D eigenvalue weighted by atomic mass is 16.5. The van der Waals surface area contributed by atoms with E-state index in [0.29, 0.717) is 28.7 Å². The van der Waals surface area contributed by atoms with E-state index in [-0.39, 0.29) is 11.7 Å². The fourth-order valence-electron chi connectivity index (χ4n) is 3.01. The van der Waals surface area contributed by atoms with Crippen molar-refractivity contribution in [1.82, 2.24) is 14.8 Å². The molecule has 0 fully saturated rings. The zero-order chi connectivity index (χ0) is 20.3. The van der Waals surface area contributed by atoms with Crippen LogP contribution < -0.4 is 10.1 Å². The number of amides is 1. The number of para-hydroxylation sites is 1. The zero-order valence-electron chi connectivity index (χ0n) is 15.7. The van der Waals surface area contributed by atoms with E-state index >= 15 is 0 Å². The van der Waals surface area contributed by atoms with Gasteiger partial charge in [-0.3, -0.25) is 4.79 Å². The second kappa shape index (κ2) is 7.56. The predicted molar refractivity (Wildman–Crippen MR) is 112 cm³/mol. The van der Waals surface area contributed by atoms with Gasteiger partial charge in [-0.2, -0.15) is 0 Å². The number of hydrogen-bond donors (Lipinski definition) is 1. The van der Waals surface area contributed by atoms with E-state index in [0.717, 1.165) is 5.39 Å². The number of nitrogens with one attached hydrogen (secondary N) is 1. The quantitative estimate of drug-likeness (QED) is 0.449. The van der Waals surface area contributed by atoms with Crippen molar-refractivity contribution in [3.05, 3.63) is 97.0 Å². The topological polar surface area (TPSA) is 82.2 Å². The van der Waals surface area contributed by atoms with Crippen molar-refractivity contribution in [3.63, 3.8) is 0 Å². The van der Waals surface area contributed by atoms with Crippen LogP contribution in [0.25, 0.3) is 16.8 Å². The fraction of sp³-hybridized carbons (Fsp3) is 0. The summed E-state index contributed by atoms with van der Waals surface area (Å²) in [5, 5.41) is 11.9. The van der Waals surface area contributed by atoms with Gasteiger partial charge in [0.2, 0.25) is 5.88 Å². The summed E-state index contributed by atoms with van der Waals surface area (Å²) in [5.74, 6) is 1.61. The first-order valence-electron chi connectivity index (χ1n) is 9.29. The smallest absolute Gasteiger partial charge is 0.291 e. The lowest BCUT2D eigenvalue weighted by atomic mass is 10.2. The second-order valence-electron chi connectivity index (χ2n) is 6.55. The Morgan fingerprint density at radius 3 is 2.43 bits per heavy atom. The average Bonchev–Trinajstić information content (AvgIpc) is 3.46. The molecule has 3 heterocycles. The summed E-state index contributed by atoms with van der Waals surface area (Å²) in [5.41, 5.74) is 1.30. The van der Waals surface area contributed by atoms with Crippen molar-refractivity contribution in [2.45, 2.75) is 0 Å². The Bertz CT molecular complexity index is 1260. The minimum Gasteiger partial charge on any atom is -0.451 e. The molecule has 3 aromatic heterocycles. The minimum atomic E-state index is -0.314. The van der Waals surface area contributed by atoms with Crippen LogP contribution in [0, 0.1) is 0 Å². The van der Waals surface area contributed by atoms with E-state index in [4.69, 9.17) is 9.15 Å². The summed E-state index contributed by atoms with van der Waals surface area (Å²) in [7, 11) is 0. The van der Waals surface area contributed by atoms with Gasteiger partial charge in [-0.15, -0.1) is 10.2 Å². The SMILES string of the molecule is O=C(Nc1ccc(Oc2ccc(-n3cccc3)nn2)cc1)c1cc2ccccc2o1. The maximum absolute atomic E-state index is 12.4. The lowest BCUT2D eigenvalue weighted by Gasteiger charge is -2.07. The van der Waals surface area contributed by atoms with Crippen LogP contribution in [0.1, 0.15) is 10.6 Å². The molecule has 146 valence electrons. The summed E-state index contributed by atoms with van der Waals surface area (Å²) in [4.78, 5) is 12.4. The van der Waals surface area contributed by atoms with Crippen LogP contribution in [0.15, 0.2) is 95.7 Å². The third kappa shape index (κ3) is 3.64. The molecule has 0 saturated carbocycles. The molecule has 0 unspecified atom stereocenters. The normalized spacial score (nSPS) is 10.8. The number of furan rings is 1. The van der Waals surface area contributed by atoms with Gasteiger partial charge in [-0.25, -0.2) is 0 Å². The Hall–Kier alpha value is -4.39. The molecule has 0 bridgehead atoms. The second-order valence-corrected chi connectivity index (χ2v) is 6.55. The first-order valence-corrected chi connectivity index (χ1v) is 9.29.